The second kappa shape index (κ2) is 8.89. The van der Waals surface area contributed by atoms with Crippen LogP contribution in [0.1, 0.15) is 6.42 Å². The fraction of sp³-hybridized carbons (Fsp3) is 0.250. The molecule has 0 heterocycles. The molecule has 0 radical (unpaired) electrons. The molecular formula is C12H16FeN+. The quantitative estimate of drug-likeness (QED) is 0.613. The molecular weight excluding hydrogens is 214 g/mol. The van der Waals surface area contributed by atoms with Crippen molar-refractivity contribution in [3.63, 3.8) is 0 Å². The molecule has 2 N–H and O–H groups in total. The minimum absolute atomic E-state index is 0. The van der Waals surface area contributed by atoms with Crippen molar-refractivity contribution >= 4 is 0 Å². The molecule has 0 atom stereocenters. The van der Waals surface area contributed by atoms with Crippen LogP contribution in [0.3, 0.4) is 0 Å². The Morgan fingerprint density at radius 1 is 1.07 bits per heavy atom. The van der Waals surface area contributed by atoms with Crippen LogP contribution >= 0.6 is 0 Å². The van der Waals surface area contributed by atoms with Gasteiger partial charge >= 0.3 is 17.1 Å². The molecule has 1 aromatic carbocycles. The topological polar surface area (TPSA) is 26.0 Å². The van der Waals surface area contributed by atoms with Crippen LogP contribution in [0.4, 0.5) is 0 Å². The predicted octanol–water partition coefficient (Wildman–Crippen LogP) is 2.48. The molecule has 1 nitrogen and oxygen atoms in total. The summed E-state index contributed by atoms with van der Waals surface area (Å²) in [5, 5.41) is 0. The molecule has 1 aliphatic rings. The summed E-state index contributed by atoms with van der Waals surface area (Å²) in [6.07, 6.45) is 9.58. The molecule has 0 saturated heterocycles. The second-order valence-electron chi connectivity index (χ2n) is 2.97. The van der Waals surface area contributed by atoms with Gasteiger partial charge < -0.3 is 5.73 Å². The Hall–Kier alpha value is -0.691. The van der Waals surface area contributed by atoms with E-state index in [2.05, 4.69) is 24.3 Å². The van der Waals surface area contributed by atoms with Crippen molar-refractivity contribution in [2.45, 2.75) is 6.42 Å². The van der Waals surface area contributed by atoms with Crippen molar-refractivity contribution in [2.24, 2.45) is 11.7 Å². The van der Waals surface area contributed by atoms with Crippen LogP contribution in [0.2, 0.25) is 0 Å². The molecule has 0 unspecified atom stereocenters. The summed E-state index contributed by atoms with van der Waals surface area (Å²) >= 11 is 0. The van der Waals surface area contributed by atoms with E-state index in [0.29, 0.717) is 5.92 Å². The van der Waals surface area contributed by atoms with Gasteiger partial charge in [-0.05, 0) is 18.9 Å². The first-order valence-electron chi connectivity index (χ1n) is 4.65. The van der Waals surface area contributed by atoms with Gasteiger partial charge in [-0.1, -0.05) is 24.3 Å². The van der Waals surface area contributed by atoms with Crippen molar-refractivity contribution in [1.29, 1.82) is 0 Å². The molecule has 0 fully saturated rings. The maximum Gasteiger partial charge on any atom is 2.00 e. The molecule has 0 aliphatic heterocycles. The smallest absolute Gasteiger partial charge is 0.330 e. The van der Waals surface area contributed by atoms with Crippen LogP contribution < -0.4 is 5.73 Å². The first-order chi connectivity index (χ1) is 6.43. The van der Waals surface area contributed by atoms with Crippen molar-refractivity contribution < 1.29 is 17.1 Å². The average molecular weight is 230 g/mol. The molecule has 0 aromatic heterocycles. The Labute approximate surface area is 96.5 Å². The van der Waals surface area contributed by atoms with Gasteiger partial charge in [0.25, 0.3) is 0 Å². The Kier molecular flexibility index (Phi) is 8.45. The minimum Gasteiger partial charge on any atom is -0.330 e. The molecule has 0 spiro atoms. The maximum absolute atomic E-state index is 5.34. The van der Waals surface area contributed by atoms with Gasteiger partial charge in [0.1, 0.15) is 0 Å². The Bertz CT molecular complexity index is 220. The Balaban J connectivity index is 0.000000246. The fourth-order valence-electron chi connectivity index (χ4n) is 1.18. The summed E-state index contributed by atoms with van der Waals surface area (Å²) in [6, 6.07) is 10.0. The van der Waals surface area contributed by atoms with Crippen LogP contribution in [0.15, 0.2) is 54.6 Å². The van der Waals surface area contributed by atoms with E-state index >= 15 is 0 Å². The van der Waals surface area contributed by atoms with E-state index in [0.717, 1.165) is 13.0 Å². The summed E-state index contributed by atoms with van der Waals surface area (Å²) < 4.78 is 0. The summed E-state index contributed by atoms with van der Waals surface area (Å²) in [5.41, 5.74) is 5.34. The number of hydrogen-bond acceptors (Lipinski definition) is 1. The van der Waals surface area contributed by atoms with Crippen molar-refractivity contribution in [1.82, 2.24) is 0 Å². The van der Waals surface area contributed by atoms with E-state index in [4.69, 9.17) is 5.73 Å². The van der Waals surface area contributed by atoms with Crippen LogP contribution in [0.5, 0.6) is 0 Å². The standard InChI is InChI=1S/C7H11N.C5H5.Fe/c8-6-5-7-3-1-2-4-7;1-2-4-5-3-1;/h1-4,7H,5-6,8H2;1-5H;/q;-1;+2. The normalized spacial score (nSPS) is 13.2. The monoisotopic (exact) mass is 230 g/mol. The van der Waals surface area contributed by atoms with E-state index in [1.165, 1.54) is 0 Å². The molecule has 76 valence electrons. The number of hydrogen-bond donors (Lipinski definition) is 1. The summed E-state index contributed by atoms with van der Waals surface area (Å²) in [6.45, 7) is 0.791. The minimum atomic E-state index is 0. The predicted molar refractivity (Wildman–Crippen MR) is 57.5 cm³/mol. The van der Waals surface area contributed by atoms with E-state index < -0.39 is 0 Å². The van der Waals surface area contributed by atoms with Gasteiger partial charge in [0.05, 0.1) is 0 Å². The summed E-state index contributed by atoms with van der Waals surface area (Å²) in [4.78, 5) is 0. The Morgan fingerprint density at radius 2 is 1.64 bits per heavy atom. The third-order valence-electron chi connectivity index (χ3n) is 1.88. The first-order valence-corrected chi connectivity index (χ1v) is 4.65. The zero-order valence-electron chi connectivity index (χ0n) is 8.12. The van der Waals surface area contributed by atoms with Crippen LogP contribution in [0, 0.1) is 5.92 Å². The zero-order valence-corrected chi connectivity index (χ0v) is 9.22. The van der Waals surface area contributed by atoms with E-state index in [-0.39, 0.29) is 17.1 Å². The number of rotatable bonds is 2. The van der Waals surface area contributed by atoms with Crippen LogP contribution in [-0.4, -0.2) is 6.54 Å². The molecule has 0 saturated carbocycles. The molecule has 2 heteroatoms. The Morgan fingerprint density at radius 3 is 2.00 bits per heavy atom. The number of nitrogens with two attached hydrogens (primary N) is 1. The van der Waals surface area contributed by atoms with E-state index in [1.807, 2.05) is 30.3 Å². The van der Waals surface area contributed by atoms with Crippen LogP contribution in [-0.2, 0) is 17.1 Å². The SMILES string of the molecule is NCCC1C=CC=C1.[Fe+2].c1cc[cH-]c1. The second-order valence-corrected chi connectivity index (χ2v) is 2.97. The van der Waals surface area contributed by atoms with Crippen molar-refractivity contribution in [2.75, 3.05) is 6.54 Å². The third kappa shape index (κ3) is 5.87. The van der Waals surface area contributed by atoms with Crippen LogP contribution in [0.25, 0.3) is 0 Å². The van der Waals surface area contributed by atoms with Crippen molar-refractivity contribution in [3.8, 4) is 0 Å². The summed E-state index contributed by atoms with van der Waals surface area (Å²) in [7, 11) is 0. The first kappa shape index (κ1) is 13.3. The number of allylic oxidation sites excluding steroid dienone is 4. The molecule has 0 amide bonds. The third-order valence-corrected chi connectivity index (χ3v) is 1.88. The summed E-state index contributed by atoms with van der Waals surface area (Å²) in [5.74, 6) is 0.625. The fourth-order valence-corrected chi connectivity index (χ4v) is 1.18. The molecule has 0 bridgehead atoms. The zero-order chi connectivity index (χ0) is 9.36. The van der Waals surface area contributed by atoms with E-state index in [9.17, 15) is 0 Å². The van der Waals surface area contributed by atoms with Gasteiger partial charge in [0.2, 0.25) is 0 Å². The van der Waals surface area contributed by atoms with Gasteiger partial charge in [0, 0.05) is 0 Å². The molecule has 14 heavy (non-hydrogen) atoms. The average Bonchev–Trinajstić information content (AvgIpc) is 2.79. The van der Waals surface area contributed by atoms with Gasteiger partial charge in [-0.2, -0.15) is 18.2 Å². The van der Waals surface area contributed by atoms with Gasteiger partial charge in [-0.15, -0.1) is 0 Å². The van der Waals surface area contributed by atoms with Gasteiger partial charge in [-0.3, -0.25) is 0 Å². The molecule has 1 aromatic rings. The molecule has 2 rings (SSSR count). The van der Waals surface area contributed by atoms with Gasteiger partial charge in [0.15, 0.2) is 0 Å². The van der Waals surface area contributed by atoms with Crippen molar-refractivity contribution in [3.05, 3.63) is 54.6 Å². The molecule has 1 aliphatic carbocycles. The maximum atomic E-state index is 5.34. The van der Waals surface area contributed by atoms with Gasteiger partial charge in [-0.25, -0.2) is 12.1 Å². The largest absolute Gasteiger partial charge is 2.00 e. The van der Waals surface area contributed by atoms with E-state index in [1.54, 1.807) is 0 Å².